The molecule has 0 radical (unpaired) electrons. The van der Waals surface area contributed by atoms with E-state index in [9.17, 15) is 4.79 Å². The highest BCUT2D eigenvalue weighted by Gasteiger charge is 2.16. The van der Waals surface area contributed by atoms with Gasteiger partial charge in [0.15, 0.2) is 0 Å². The first-order valence-electron chi connectivity index (χ1n) is 6.34. The van der Waals surface area contributed by atoms with Gasteiger partial charge in [-0.3, -0.25) is 4.79 Å². The second kappa shape index (κ2) is 8.39. The second-order valence-corrected chi connectivity index (χ2v) is 4.27. The molecule has 0 aliphatic heterocycles. The highest BCUT2D eigenvalue weighted by atomic mass is 16.5. The van der Waals surface area contributed by atoms with Crippen molar-refractivity contribution in [3.8, 4) is 5.75 Å². The number of methoxy groups -OCH3 is 3. The maximum absolute atomic E-state index is 12.5. The number of rotatable bonds is 8. The Bertz CT molecular complexity index is 429. The maximum Gasteiger partial charge on any atom is 0.254 e. The van der Waals surface area contributed by atoms with Crippen molar-refractivity contribution in [3.05, 3.63) is 23.8 Å². The van der Waals surface area contributed by atoms with Crippen molar-refractivity contribution in [2.45, 2.75) is 0 Å². The third-order valence-corrected chi connectivity index (χ3v) is 2.83. The van der Waals surface area contributed by atoms with Crippen LogP contribution in [0.1, 0.15) is 10.4 Å². The second-order valence-electron chi connectivity index (χ2n) is 4.27. The smallest absolute Gasteiger partial charge is 0.254 e. The minimum Gasteiger partial charge on any atom is -0.497 e. The largest absolute Gasteiger partial charge is 0.497 e. The average molecular weight is 282 g/mol. The summed E-state index contributed by atoms with van der Waals surface area (Å²) in [5.41, 5.74) is 6.76. The Morgan fingerprint density at radius 3 is 2.20 bits per heavy atom. The lowest BCUT2D eigenvalue weighted by Gasteiger charge is -2.22. The number of anilines is 1. The van der Waals surface area contributed by atoms with Gasteiger partial charge in [-0.2, -0.15) is 0 Å². The summed E-state index contributed by atoms with van der Waals surface area (Å²) < 4.78 is 15.2. The Hall–Kier alpha value is -1.79. The molecule has 1 amide bonds. The minimum atomic E-state index is -0.121. The third kappa shape index (κ3) is 4.71. The van der Waals surface area contributed by atoms with Crippen LogP contribution in [0.25, 0.3) is 0 Å². The molecule has 0 aliphatic carbocycles. The molecule has 6 heteroatoms. The molecule has 0 bridgehead atoms. The topological polar surface area (TPSA) is 74.0 Å². The quantitative estimate of drug-likeness (QED) is 0.720. The van der Waals surface area contributed by atoms with Crippen molar-refractivity contribution >= 4 is 11.6 Å². The fraction of sp³-hybridized carbons (Fsp3) is 0.500. The number of nitrogens with two attached hydrogens (primary N) is 1. The van der Waals surface area contributed by atoms with Gasteiger partial charge in [0.2, 0.25) is 0 Å². The van der Waals surface area contributed by atoms with Crippen LogP contribution in [0.15, 0.2) is 18.2 Å². The number of carbonyl (C=O) groups excluding carboxylic acids is 1. The predicted octanol–water partition coefficient (Wildman–Crippen LogP) is 1.01. The molecule has 0 saturated heterocycles. The molecule has 0 saturated carbocycles. The van der Waals surface area contributed by atoms with Crippen molar-refractivity contribution in [2.75, 3.05) is 53.4 Å². The van der Waals surface area contributed by atoms with Gasteiger partial charge in [-0.15, -0.1) is 0 Å². The molecule has 0 fully saturated rings. The van der Waals surface area contributed by atoms with Gasteiger partial charge < -0.3 is 24.8 Å². The van der Waals surface area contributed by atoms with E-state index in [4.69, 9.17) is 19.9 Å². The molecule has 0 atom stereocenters. The van der Waals surface area contributed by atoms with Gasteiger partial charge in [-0.25, -0.2) is 0 Å². The number of amides is 1. The van der Waals surface area contributed by atoms with Gasteiger partial charge in [0.05, 0.1) is 20.3 Å². The summed E-state index contributed by atoms with van der Waals surface area (Å²) >= 11 is 0. The van der Waals surface area contributed by atoms with Crippen LogP contribution >= 0.6 is 0 Å². The number of carbonyl (C=O) groups is 1. The first-order valence-corrected chi connectivity index (χ1v) is 6.34. The number of hydrogen-bond acceptors (Lipinski definition) is 5. The van der Waals surface area contributed by atoms with E-state index < -0.39 is 0 Å². The molecule has 0 spiro atoms. The van der Waals surface area contributed by atoms with E-state index in [-0.39, 0.29) is 5.91 Å². The van der Waals surface area contributed by atoms with Gasteiger partial charge in [-0.1, -0.05) is 0 Å². The van der Waals surface area contributed by atoms with E-state index in [1.54, 1.807) is 37.3 Å². The van der Waals surface area contributed by atoms with Crippen molar-refractivity contribution in [1.82, 2.24) is 4.90 Å². The van der Waals surface area contributed by atoms with Crippen LogP contribution < -0.4 is 10.5 Å². The first-order chi connectivity index (χ1) is 9.62. The summed E-state index contributed by atoms with van der Waals surface area (Å²) in [5.74, 6) is 0.441. The molecule has 0 unspecified atom stereocenters. The Labute approximate surface area is 119 Å². The Morgan fingerprint density at radius 1 is 1.10 bits per heavy atom. The Morgan fingerprint density at radius 2 is 1.70 bits per heavy atom. The van der Waals surface area contributed by atoms with Gasteiger partial charge in [0.25, 0.3) is 5.91 Å². The number of hydrogen-bond donors (Lipinski definition) is 1. The number of nitrogen functional groups attached to an aromatic ring is 1. The van der Waals surface area contributed by atoms with E-state index in [1.165, 1.54) is 7.11 Å². The van der Waals surface area contributed by atoms with E-state index in [0.717, 1.165) is 0 Å². The minimum absolute atomic E-state index is 0.121. The summed E-state index contributed by atoms with van der Waals surface area (Å²) in [4.78, 5) is 14.1. The van der Waals surface area contributed by atoms with Crippen molar-refractivity contribution in [1.29, 1.82) is 0 Å². The Balaban J connectivity index is 2.89. The molecule has 6 nitrogen and oxygen atoms in total. The van der Waals surface area contributed by atoms with Crippen LogP contribution in [0.2, 0.25) is 0 Å². The van der Waals surface area contributed by atoms with Crippen molar-refractivity contribution < 1.29 is 19.0 Å². The zero-order valence-electron chi connectivity index (χ0n) is 12.2. The number of benzene rings is 1. The molecular weight excluding hydrogens is 260 g/mol. The van der Waals surface area contributed by atoms with Gasteiger partial charge >= 0.3 is 0 Å². The third-order valence-electron chi connectivity index (χ3n) is 2.83. The molecule has 1 aromatic carbocycles. The summed E-state index contributed by atoms with van der Waals surface area (Å²) in [7, 11) is 4.74. The maximum atomic E-state index is 12.5. The molecule has 1 rings (SSSR count). The van der Waals surface area contributed by atoms with E-state index in [2.05, 4.69) is 0 Å². The van der Waals surface area contributed by atoms with Crippen LogP contribution in [0.5, 0.6) is 5.75 Å². The van der Waals surface area contributed by atoms with E-state index in [0.29, 0.717) is 43.3 Å². The highest BCUT2D eigenvalue weighted by molar-refractivity contribution is 5.95. The fourth-order valence-corrected chi connectivity index (χ4v) is 1.76. The van der Waals surface area contributed by atoms with Gasteiger partial charge in [-0.05, 0) is 12.1 Å². The normalized spacial score (nSPS) is 10.3. The SMILES string of the molecule is COCCN(CCOC)C(=O)c1cc(N)cc(OC)c1. The Kier molecular flexibility index (Phi) is 6.83. The number of ether oxygens (including phenoxy) is 3. The van der Waals surface area contributed by atoms with Crippen LogP contribution in [0.4, 0.5) is 5.69 Å². The lowest BCUT2D eigenvalue weighted by atomic mass is 10.1. The van der Waals surface area contributed by atoms with Crippen LogP contribution in [-0.4, -0.2) is 58.4 Å². The summed E-state index contributed by atoms with van der Waals surface area (Å²) in [6, 6.07) is 4.98. The fourth-order valence-electron chi connectivity index (χ4n) is 1.76. The van der Waals surface area contributed by atoms with Crippen molar-refractivity contribution in [2.24, 2.45) is 0 Å². The average Bonchev–Trinajstić information content (AvgIpc) is 2.46. The predicted molar refractivity (Wildman–Crippen MR) is 77.1 cm³/mol. The standard InChI is InChI=1S/C14H22N2O4/c1-18-6-4-16(5-7-19-2)14(17)11-8-12(15)10-13(9-11)20-3/h8-10H,4-7,15H2,1-3H3. The molecule has 0 aromatic heterocycles. The summed E-state index contributed by atoms with van der Waals surface area (Å²) in [6.45, 7) is 1.93. The highest BCUT2D eigenvalue weighted by Crippen LogP contribution is 2.19. The van der Waals surface area contributed by atoms with E-state index >= 15 is 0 Å². The van der Waals surface area contributed by atoms with Crippen LogP contribution in [-0.2, 0) is 9.47 Å². The molecule has 0 aliphatic rings. The molecule has 112 valence electrons. The zero-order valence-corrected chi connectivity index (χ0v) is 12.2. The molecule has 0 heterocycles. The van der Waals surface area contributed by atoms with Crippen molar-refractivity contribution in [3.63, 3.8) is 0 Å². The zero-order chi connectivity index (χ0) is 15.0. The van der Waals surface area contributed by atoms with Gasteiger partial charge in [0, 0.05) is 44.6 Å². The van der Waals surface area contributed by atoms with Gasteiger partial charge in [0.1, 0.15) is 5.75 Å². The monoisotopic (exact) mass is 282 g/mol. The molecule has 20 heavy (non-hydrogen) atoms. The lowest BCUT2D eigenvalue weighted by Crippen LogP contribution is -2.36. The first kappa shape index (κ1) is 16.3. The summed E-state index contributed by atoms with van der Waals surface area (Å²) in [5, 5.41) is 0. The summed E-state index contributed by atoms with van der Waals surface area (Å²) in [6.07, 6.45) is 0. The van der Waals surface area contributed by atoms with E-state index in [1.807, 2.05) is 0 Å². The van der Waals surface area contributed by atoms with Crippen LogP contribution in [0.3, 0.4) is 0 Å². The van der Waals surface area contributed by atoms with Crippen LogP contribution in [0, 0.1) is 0 Å². The molecular formula is C14H22N2O4. The molecule has 2 N–H and O–H groups in total. The lowest BCUT2D eigenvalue weighted by molar-refractivity contribution is 0.0627. The molecule has 1 aromatic rings. The number of nitrogens with zero attached hydrogens (tertiary/aromatic N) is 1.